The first-order valence-electron chi connectivity index (χ1n) is 9.46. The van der Waals surface area contributed by atoms with Crippen LogP contribution in [-0.4, -0.2) is 64.1 Å². The highest BCUT2D eigenvalue weighted by Crippen LogP contribution is 2.31. The van der Waals surface area contributed by atoms with Gasteiger partial charge in [-0.1, -0.05) is 25.1 Å². The molecule has 2 heterocycles. The molecule has 1 amide bonds. The van der Waals surface area contributed by atoms with Crippen LogP contribution in [0.5, 0.6) is 0 Å². The van der Waals surface area contributed by atoms with Crippen LogP contribution < -0.4 is 4.31 Å². The molecule has 0 saturated carbocycles. The number of benzene rings is 1. The second kappa shape index (κ2) is 8.16. The van der Waals surface area contributed by atoms with E-state index in [1.807, 2.05) is 25.1 Å². The zero-order valence-electron chi connectivity index (χ0n) is 16.0. The van der Waals surface area contributed by atoms with Gasteiger partial charge in [0.2, 0.25) is 15.9 Å². The topological polar surface area (TPSA) is 76.2 Å². The Balaban J connectivity index is 1.63. The van der Waals surface area contributed by atoms with Gasteiger partial charge in [0, 0.05) is 38.9 Å². The number of hydrogen-bond acceptors (Lipinski definition) is 5. The minimum Gasteiger partial charge on any atom is -0.347 e. The lowest BCUT2D eigenvalue weighted by Crippen LogP contribution is -2.48. The van der Waals surface area contributed by atoms with Gasteiger partial charge in [0.05, 0.1) is 25.2 Å². The van der Waals surface area contributed by atoms with Gasteiger partial charge < -0.3 is 14.4 Å². The Morgan fingerprint density at radius 3 is 2.41 bits per heavy atom. The maximum Gasteiger partial charge on any atom is 0.232 e. The number of carbonyl (C=O) groups excluding carboxylic acids is 1. The summed E-state index contributed by atoms with van der Waals surface area (Å²) in [5.74, 6) is -0.555. The first-order valence-corrected chi connectivity index (χ1v) is 11.3. The van der Waals surface area contributed by atoms with Crippen molar-refractivity contribution in [3.63, 3.8) is 0 Å². The van der Waals surface area contributed by atoms with Crippen molar-refractivity contribution in [2.45, 2.75) is 38.4 Å². The summed E-state index contributed by atoms with van der Waals surface area (Å²) >= 11 is 0. The van der Waals surface area contributed by atoms with Crippen molar-refractivity contribution in [3.8, 4) is 0 Å². The molecule has 27 heavy (non-hydrogen) atoms. The summed E-state index contributed by atoms with van der Waals surface area (Å²) in [4.78, 5) is 14.4. The zero-order valence-corrected chi connectivity index (χ0v) is 16.8. The Morgan fingerprint density at radius 2 is 1.81 bits per heavy atom. The van der Waals surface area contributed by atoms with Crippen LogP contribution >= 0.6 is 0 Å². The average molecular weight is 397 g/mol. The monoisotopic (exact) mass is 396 g/mol. The summed E-state index contributed by atoms with van der Waals surface area (Å²) in [6.07, 6.45) is 3.38. The van der Waals surface area contributed by atoms with Gasteiger partial charge in [-0.05, 0) is 18.1 Å². The van der Waals surface area contributed by atoms with E-state index >= 15 is 0 Å². The fourth-order valence-electron chi connectivity index (χ4n) is 3.76. The number of ether oxygens (including phenoxy) is 2. The minimum absolute atomic E-state index is 0.0366. The van der Waals surface area contributed by atoms with Crippen molar-refractivity contribution in [1.29, 1.82) is 0 Å². The summed E-state index contributed by atoms with van der Waals surface area (Å²) < 4.78 is 37.4. The second-order valence-electron chi connectivity index (χ2n) is 7.06. The van der Waals surface area contributed by atoms with Gasteiger partial charge in [-0.15, -0.1) is 0 Å². The van der Waals surface area contributed by atoms with E-state index in [9.17, 15) is 13.2 Å². The van der Waals surface area contributed by atoms with Gasteiger partial charge >= 0.3 is 0 Å². The molecule has 7 nitrogen and oxygen atoms in total. The van der Waals surface area contributed by atoms with Crippen molar-refractivity contribution in [3.05, 3.63) is 29.8 Å². The van der Waals surface area contributed by atoms with E-state index in [0.29, 0.717) is 44.8 Å². The molecule has 1 aromatic carbocycles. The molecule has 1 spiro atoms. The standard InChI is InChI=1S/C19H28N2O5S/c1-3-16-6-4-5-7-17(16)21(27(2,23)24)11-8-18(22)20-12-9-19(10-13-20)25-14-15-26-19/h4-7H,3,8-15H2,1-2H3. The highest BCUT2D eigenvalue weighted by atomic mass is 32.2. The summed E-state index contributed by atoms with van der Waals surface area (Å²) in [6, 6.07) is 7.43. The SMILES string of the molecule is CCc1ccccc1N(CCC(=O)N1CCC2(CC1)OCCO2)S(C)(=O)=O. The third-order valence-electron chi connectivity index (χ3n) is 5.26. The number of nitrogens with zero attached hydrogens (tertiary/aromatic N) is 2. The van der Waals surface area contributed by atoms with Crippen LogP contribution in [0.15, 0.2) is 24.3 Å². The third kappa shape index (κ3) is 4.62. The van der Waals surface area contributed by atoms with Gasteiger partial charge in [-0.3, -0.25) is 9.10 Å². The molecule has 2 aliphatic rings. The van der Waals surface area contributed by atoms with E-state index < -0.39 is 15.8 Å². The molecule has 150 valence electrons. The minimum atomic E-state index is -3.47. The van der Waals surface area contributed by atoms with Crippen molar-refractivity contribution in [1.82, 2.24) is 4.90 Å². The first kappa shape index (κ1) is 20.1. The fraction of sp³-hybridized carbons (Fsp3) is 0.632. The van der Waals surface area contributed by atoms with Crippen molar-refractivity contribution in [2.75, 3.05) is 43.4 Å². The predicted molar refractivity (Wildman–Crippen MR) is 103 cm³/mol. The van der Waals surface area contributed by atoms with Crippen LogP contribution in [0.3, 0.4) is 0 Å². The third-order valence-corrected chi connectivity index (χ3v) is 6.44. The van der Waals surface area contributed by atoms with Gasteiger partial charge in [0.15, 0.2) is 5.79 Å². The molecule has 1 aromatic rings. The number of para-hydroxylation sites is 1. The number of carbonyl (C=O) groups is 1. The molecule has 8 heteroatoms. The van der Waals surface area contributed by atoms with Crippen LogP contribution in [0.2, 0.25) is 0 Å². The predicted octanol–water partition coefficient (Wildman–Crippen LogP) is 1.77. The zero-order chi connectivity index (χ0) is 19.5. The fourth-order valence-corrected chi connectivity index (χ4v) is 4.71. The maximum atomic E-state index is 12.6. The van der Waals surface area contributed by atoms with E-state index in [1.165, 1.54) is 10.6 Å². The van der Waals surface area contributed by atoms with Crippen LogP contribution in [-0.2, 0) is 30.7 Å². The number of piperidine rings is 1. The number of aryl methyl sites for hydroxylation is 1. The molecule has 0 N–H and O–H groups in total. The quantitative estimate of drug-likeness (QED) is 0.733. The molecule has 2 fully saturated rings. The highest BCUT2D eigenvalue weighted by molar-refractivity contribution is 7.92. The number of likely N-dealkylation sites (tertiary alicyclic amines) is 1. The van der Waals surface area contributed by atoms with E-state index in [1.54, 1.807) is 11.0 Å². The Labute approximate surface area is 161 Å². The molecular formula is C19H28N2O5S. The molecule has 3 rings (SSSR count). The molecule has 0 unspecified atom stereocenters. The van der Waals surface area contributed by atoms with E-state index in [2.05, 4.69) is 0 Å². The van der Waals surface area contributed by atoms with Crippen LogP contribution in [0, 0.1) is 0 Å². The lowest BCUT2D eigenvalue weighted by atomic mass is 10.0. The average Bonchev–Trinajstić information content (AvgIpc) is 3.09. The molecule has 2 saturated heterocycles. The Hall–Kier alpha value is -1.64. The van der Waals surface area contributed by atoms with Crippen LogP contribution in [0.1, 0.15) is 31.7 Å². The molecule has 2 aliphatic heterocycles. The molecule has 0 aromatic heterocycles. The normalized spacial score (nSPS) is 19.4. The van der Waals surface area contributed by atoms with Crippen molar-refractivity contribution >= 4 is 21.6 Å². The number of rotatable bonds is 6. The first-order chi connectivity index (χ1) is 12.8. The Kier molecular flexibility index (Phi) is 6.08. The van der Waals surface area contributed by atoms with Gasteiger partial charge in [0.1, 0.15) is 0 Å². The van der Waals surface area contributed by atoms with Crippen molar-refractivity contribution in [2.24, 2.45) is 0 Å². The Morgan fingerprint density at radius 1 is 1.19 bits per heavy atom. The second-order valence-corrected chi connectivity index (χ2v) is 8.96. The maximum absolute atomic E-state index is 12.6. The lowest BCUT2D eigenvalue weighted by molar-refractivity contribution is -0.187. The molecule has 0 radical (unpaired) electrons. The lowest BCUT2D eigenvalue weighted by Gasteiger charge is -2.37. The van der Waals surface area contributed by atoms with Gasteiger partial charge in [0.25, 0.3) is 0 Å². The van der Waals surface area contributed by atoms with E-state index in [4.69, 9.17) is 9.47 Å². The summed E-state index contributed by atoms with van der Waals surface area (Å²) in [5, 5.41) is 0. The van der Waals surface area contributed by atoms with Gasteiger partial charge in [-0.2, -0.15) is 0 Å². The number of amides is 1. The summed E-state index contributed by atoms with van der Waals surface area (Å²) in [6.45, 7) is 4.49. The molecular weight excluding hydrogens is 368 g/mol. The summed E-state index contributed by atoms with van der Waals surface area (Å²) in [5.41, 5.74) is 1.60. The molecule has 0 aliphatic carbocycles. The Bertz CT molecular complexity index is 764. The van der Waals surface area contributed by atoms with Crippen molar-refractivity contribution < 1.29 is 22.7 Å². The molecule has 0 atom stereocenters. The number of anilines is 1. The number of sulfonamides is 1. The van der Waals surface area contributed by atoms with Crippen LogP contribution in [0.25, 0.3) is 0 Å². The smallest absolute Gasteiger partial charge is 0.232 e. The largest absolute Gasteiger partial charge is 0.347 e. The number of hydrogen-bond donors (Lipinski definition) is 0. The van der Waals surface area contributed by atoms with E-state index in [-0.39, 0.29) is 18.9 Å². The summed E-state index contributed by atoms with van der Waals surface area (Å²) in [7, 11) is -3.47. The van der Waals surface area contributed by atoms with E-state index in [0.717, 1.165) is 12.0 Å². The highest BCUT2D eigenvalue weighted by Gasteiger charge is 2.40. The van der Waals surface area contributed by atoms with Gasteiger partial charge in [-0.25, -0.2) is 8.42 Å². The molecule has 0 bridgehead atoms. The van der Waals surface area contributed by atoms with Crippen LogP contribution in [0.4, 0.5) is 5.69 Å².